The highest BCUT2D eigenvalue weighted by molar-refractivity contribution is 5.74. The van der Waals surface area contributed by atoms with Crippen LogP contribution in [0.3, 0.4) is 0 Å². The van der Waals surface area contributed by atoms with E-state index in [1.54, 1.807) is 0 Å². The molecule has 1 aromatic heterocycles. The van der Waals surface area contributed by atoms with Crippen LogP contribution in [0.1, 0.15) is 22.5 Å². The van der Waals surface area contributed by atoms with Gasteiger partial charge in [0.1, 0.15) is 6.61 Å². The van der Waals surface area contributed by atoms with Crippen LogP contribution in [0.2, 0.25) is 0 Å². The zero-order valence-corrected chi connectivity index (χ0v) is 13.2. The van der Waals surface area contributed by atoms with Crippen LogP contribution in [0.4, 0.5) is 0 Å². The molecule has 0 fully saturated rings. The molecule has 0 unspecified atom stereocenters. The Bertz CT molecular complexity index is 842. The molecular formula is C19H18N2O2. The van der Waals surface area contributed by atoms with Crippen molar-refractivity contribution in [3.8, 4) is 0 Å². The standard InChI is InChI=1S/C19H18N2O2/c1-13-7-9-15(10-8-13)11-19(22)23-12-18-14(2)20-16-5-3-4-6-17(16)21-18/h3-10H,11-12H2,1-2H3. The minimum atomic E-state index is -0.261. The average molecular weight is 306 g/mol. The Hall–Kier alpha value is -2.75. The summed E-state index contributed by atoms with van der Waals surface area (Å²) in [6, 6.07) is 15.5. The zero-order valence-electron chi connectivity index (χ0n) is 13.2. The molecule has 0 N–H and O–H groups in total. The van der Waals surface area contributed by atoms with Crippen molar-refractivity contribution in [2.75, 3.05) is 0 Å². The lowest BCUT2D eigenvalue weighted by Crippen LogP contribution is -2.10. The van der Waals surface area contributed by atoms with Crippen molar-refractivity contribution in [2.45, 2.75) is 26.9 Å². The van der Waals surface area contributed by atoms with Gasteiger partial charge in [0.25, 0.3) is 0 Å². The fourth-order valence-corrected chi connectivity index (χ4v) is 2.33. The molecular weight excluding hydrogens is 288 g/mol. The zero-order chi connectivity index (χ0) is 16.2. The van der Waals surface area contributed by atoms with Gasteiger partial charge in [-0.2, -0.15) is 0 Å². The summed E-state index contributed by atoms with van der Waals surface area (Å²) < 4.78 is 5.35. The smallest absolute Gasteiger partial charge is 0.310 e. The Labute approximate surface area is 135 Å². The van der Waals surface area contributed by atoms with E-state index < -0.39 is 0 Å². The van der Waals surface area contributed by atoms with E-state index in [9.17, 15) is 4.79 Å². The van der Waals surface area contributed by atoms with E-state index in [0.29, 0.717) is 5.69 Å². The number of nitrogens with zero attached hydrogens (tertiary/aromatic N) is 2. The lowest BCUT2D eigenvalue weighted by Gasteiger charge is -2.08. The van der Waals surface area contributed by atoms with Gasteiger partial charge in [0.15, 0.2) is 0 Å². The number of para-hydroxylation sites is 2. The largest absolute Gasteiger partial charge is 0.459 e. The molecule has 0 aliphatic heterocycles. The summed E-state index contributed by atoms with van der Waals surface area (Å²) in [4.78, 5) is 21.0. The molecule has 3 aromatic rings. The SMILES string of the molecule is Cc1ccc(CC(=O)OCc2nc3ccccc3nc2C)cc1. The Kier molecular flexibility index (Phi) is 4.33. The number of aromatic nitrogens is 2. The maximum absolute atomic E-state index is 12.0. The first-order valence-electron chi connectivity index (χ1n) is 7.55. The number of hydrogen-bond acceptors (Lipinski definition) is 4. The highest BCUT2D eigenvalue weighted by Gasteiger charge is 2.09. The number of carbonyl (C=O) groups is 1. The van der Waals surface area contributed by atoms with Gasteiger partial charge >= 0.3 is 5.97 Å². The number of ether oxygens (including phenoxy) is 1. The number of aryl methyl sites for hydroxylation is 2. The van der Waals surface area contributed by atoms with E-state index in [-0.39, 0.29) is 19.0 Å². The Morgan fingerprint density at radius 3 is 2.30 bits per heavy atom. The highest BCUT2D eigenvalue weighted by Crippen LogP contribution is 2.13. The monoisotopic (exact) mass is 306 g/mol. The van der Waals surface area contributed by atoms with E-state index in [2.05, 4.69) is 9.97 Å². The number of esters is 1. The van der Waals surface area contributed by atoms with Crippen molar-refractivity contribution in [3.63, 3.8) is 0 Å². The van der Waals surface area contributed by atoms with E-state index in [4.69, 9.17) is 4.74 Å². The predicted molar refractivity (Wildman–Crippen MR) is 89.0 cm³/mol. The molecule has 23 heavy (non-hydrogen) atoms. The molecule has 0 amide bonds. The van der Waals surface area contributed by atoms with Crippen LogP contribution < -0.4 is 0 Å². The van der Waals surface area contributed by atoms with Gasteiger partial charge in [-0.25, -0.2) is 9.97 Å². The quantitative estimate of drug-likeness (QED) is 0.692. The van der Waals surface area contributed by atoms with Crippen molar-refractivity contribution < 1.29 is 9.53 Å². The third kappa shape index (κ3) is 3.72. The van der Waals surface area contributed by atoms with Crippen molar-refractivity contribution in [3.05, 3.63) is 71.0 Å². The number of rotatable bonds is 4. The molecule has 0 atom stereocenters. The van der Waals surface area contributed by atoms with Gasteiger partial charge in [0, 0.05) is 0 Å². The second kappa shape index (κ2) is 6.57. The highest BCUT2D eigenvalue weighted by atomic mass is 16.5. The number of carbonyl (C=O) groups excluding carboxylic acids is 1. The lowest BCUT2D eigenvalue weighted by atomic mass is 10.1. The van der Waals surface area contributed by atoms with Crippen molar-refractivity contribution >= 4 is 17.0 Å². The first-order chi connectivity index (χ1) is 11.1. The van der Waals surface area contributed by atoms with Crippen molar-refractivity contribution in [2.24, 2.45) is 0 Å². The molecule has 0 saturated heterocycles. The van der Waals surface area contributed by atoms with Crippen LogP contribution >= 0.6 is 0 Å². The summed E-state index contributed by atoms with van der Waals surface area (Å²) in [6.45, 7) is 4.04. The summed E-state index contributed by atoms with van der Waals surface area (Å²) in [5.74, 6) is -0.261. The van der Waals surface area contributed by atoms with Crippen LogP contribution in [0.5, 0.6) is 0 Å². The van der Waals surface area contributed by atoms with Crippen molar-refractivity contribution in [1.82, 2.24) is 9.97 Å². The second-order valence-corrected chi connectivity index (χ2v) is 5.57. The maximum atomic E-state index is 12.0. The third-order valence-electron chi connectivity index (χ3n) is 3.68. The number of fused-ring (bicyclic) bond motifs is 1. The fourth-order valence-electron chi connectivity index (χ4n) is 2.33. The molecule has 0 aliphatic rings. The summed E-state index contributed by atoms with van der Waals surface area (Å²) in [6.07, 6.45) is 0.264. The lowest BCUT2D eigenvalue weighted by molar-refractivity contribution is -0.144. The summed E-state index contributed by atoms with van der Waals surface area (Å²) in [7, 11) is 0. The van der Waals surface area contributed by atoms with Gasteiger partial charge in [-0.1, -0.05) is 42.0 Å². The van der Waals surface area contributed by atoms with E-state index in [0.717, 1.165) is 22.3 Å². The first kappa shape index (κ1) is 15.2. The van der Waals surface area contributed by atoms with Crippen LogP contribution in [0.25, 0.3) is 11.0 Å². The molecule has 0 aliphatic carbocycles. The summed E-state index contributed by atoms with van der Waals surface area (Å²) in [5, 5.41) is 0. The first-order valence-corrected chi connectivity index (χ1v) is 7.55. The van der Waals surface area contributed by atoms with Crippen LogP contribution in [0, 0.1) is 13.8 Å². The third-order valence-corrected chi connectivity index (χ3v) is 3.68. The van der Waals surface area contributed by atoms with E-state index in [1.807, 2.05) is 62.4 Å². The molecule has 0 saturated carbocycles. The van der Waals surface area contributed by atoms with E-state index >= 15 is 0 Å². The molecule has 0 spiro atoms. The minimum absolute atomic E-state index is 0.147. The van der Waals surface area contributed by atoms with Gasteiger partial charge < -0.3 is 4.74 Å². The van der Waals surface area contributed by atoms with Crippen LogP contribution in [-0.4, -0.2) is 15.9 Å². The maximum Gasteiger partial charge on any atom is 0.310 e. The van der Waals surface area contributed by atoms with Gasteiger partial charge in [-0.3, -0.25) is 4.79 Å². The molecule has 0 bridgehead atoms. The topological polar surface area (TPSA) is 52.1 Å². The Morgan fingerprint density at radius 1 is 0.957 bits per heavy atom. The molecule has 116 valence electrons. The Balaban J connectivity index is 1.66. The molecule has 3 rings (SSSR count). The molecule has 0 radical (unpaired) electrons. The van der Waals surface area contributed by atoms with Gasteiger partial charge in [0.2, 0.25) is 0 Å². The van der Waals surface area contributed by atoms with Gasteiger partial charge in [-0.05, 0) is 31.5 Å². The average Bonchev–Trinajstić information content (AvgIpc) is 2.55. The number of benzene rings is 2. The van der Waals surface area contributed by atoms with Crippen LogP contribution in [0.15, 0.2) is 48.5 Å². The minimum Gasteiger partial charge on any atom is -0.459 e. The Morgan fingerprint density at radius 2 is 1.61 bits per heavy atom. The van der Waals surface area contributed by atoms with Crippen LogP contribution in [-0.2, 0) is 22.6 Å². The molecule has 2 aromatic carbocycles. The predicted octanol–water partition coefficient (Wildman–Crippen LogP) is 3.53. The molecule has 1 heterocycles. The normalized spacial score (nSPS) is 10.7. The second-order valence-electron chi connectivity index (χ2n) is 5.57. The summed E-state index contributed by atoms with van der Waals surface area (Å²) >= 11 is 0. The van der Waals surface area contributed by atoms with Gasteiger partial charge in [0.05, 0.1) is 28.8 Å². The van der Waals surface area contributed by atoms with Gasteiger partial charge in [-0.15, -0.1) is 0 Å². The molecule has 4 heteroatoms. The number of hydrogen-bond donors (Lipinski definition) is 0. The fraction of sp³-hybridized carbons (Fsp3) is 0.211. The summed E-state index contributed by atoms with van der Waals surface area (Å²) in [5.41, 5.74) is 5.25. The van der Waals surface area contributed by atoms with Crippen molar-refractivity contribution in [1.29, 1.82) is 0 Å². The van der Waals surface area contributed by atoms with E-state index in [1.165, 1.54) is 5.56 Å². The molecule has 4 nitrogen and oxygen atoms in total.